The van der Waals surface area contributed by atoms with Crippen molar-refractivity contribution in [3.05, 3.63) is 42.1 Å². The zero-order chi connectivity index (χ0) is 10.8. The second kappa shape index (κ2) is 3.95. The summed E-state index contributed by atoms with van der Waals surface area (Å²) in [5.74, 6) is 0. The van der Waals surface area contributed by atoms with Gasteiger partial charge in [0.15, 0.2) is 0 Å². The van der Waals surface area contributed by atoms with Gasteiger partial charge in [-0.1, -0.05) is 30.4 Å². The van der Waals surface area contributed by atoms with E-state index in [4.69, 9.17) is 12.2 Å². The second-order valence-electron chi connectivity index (χ2n) is 3.58. The van der Waals surface area contributed by atoms with Crippen molar-refractivity contribution in [1.29, 1.82) is 0 Å². The Morgan fingerprint density at radius 3 is 2.67 bits per heavy atom. The summed E-state index contributed by atoms with van der Waals surface area (Å²) in [5.41, 5.74) is 1.99. The van der Waals surface area contributed by atoms with E-state index in [1.165, 1.54) is 0 Å². The fourth-order valence-electron chi connectivity index (χ4n) is 1.52. The van der Waals surface area contributed by atoms with Crippen LogP contribution in [0.5, 0.6) is 0 Å². The Morgan fingerprint density at radius 1 is 1.20 bits per heavy atom. The first-order valence-electron chi connectivity index (χ1n) is 4.75. The summed E-state index contributed by atoms with van der Waals surface area (Å²) in [5, 5.41) is 1.12. The first kappa shape index (κ1) is 10.1. The van der Waals surface area contributed by atoms with Crippen molar-refractivity contribution >= 4 is 28.1 Å². The number of thiocarbonyl (C=S) groups is 1. The predicted octanol–water partition coefficient (Wildman–Crippen LogP) is 2.47. The average Bonchev–Trinajstić information content (AvgIpc) is 2.27. The second-order valence-corrected chi connectivity index (χ2v) is 3.97. The number of benzene rings is 1. The van der Waals surface area contributed by atoms with E-state index in [0.717, 1.165) is 21.5 Å². The Balaban J connectivity index is 2.66. The van der Waals surface area contributed by atoms with Crippen LogP contribution in [0.3, 0.4) is 0 Å². The van der Waals surface area contributed by atoms with E-state index in [1.807, 2.05) is 49.3 Å². The third-order valence-corrected chi connectivity index (χ3v) is 2.85. The van der Waals surface area contributed by atoms with E-state index < -0.39 is 0 Å². The standard InChI is InChI=1S/C12H12N2S/c1-14(2)12(15)10-7-3-5-9-6-4-8-13-11(9)10/h3-8H,1-2H3. The van der Waals surface area contributed by atoms with Gasteiger partial charge in [-0.25, -0.2) is 0 Å². The largest absolute Gasteiger partial charge is 0.368 e. The maximum Gasteiger partial charge on any atom is 0.110 e. The molecule has 15 heavy (non-hydrogen) atoms. The Kier molecular flexibility index (Phi) is 2.64. The van der Waals surface area contributed by atoms with Gasteiger partial charge in [0.2, 0.25) is 0 Å². The number of rotatable bonds is 1. The Bertz CT molecular complexity index is 500. The van der Waals surface area contributed by atoms with Gasteiger partial charge in [0, 0.05) is 31.2 Å². The van der Waals surface area contributed by atoms with Gasteiger partial charge < -0.3 is 4.90 Å². The Labute approximate surface area is 94.5 Å². The molecule has 0 aliphatic carbocycles. The molecule has 0 amide bonds. The summed E-state index contributed by atoms with van der Waals surface area (Å²) in [6.07, 6.45) is 1.80. The SMILES string of the molecule is CN(C)C(=S)c1cccc2cccnc12. The molecule has 0 aliphatic heterocycles. The van der Waals surface area contributed by atoms with Gasteiger partial charge in [-0.15, -0.1) is 0 Å². The van der Waals surface area contributed by atoms with Crippen LogP contribution in [0.1, 0.15) is 5.56 Å². The molecule has 3 heteroatoms. The molecule has 0 fully saturated rings. The van der Waals surface area contributed by atoms with Crippen LogP contribution < -0.4 is 0 Å². The summed E-state index contributed by atoms with van der Waals surface area (Å²) in [6, 6.07) is 10.0. The minimum absolute atomic E-state index is 0.819. The number of hydrogen-bond donors (Lipinski definition) is 0. The molecule has 0 bridgehead atoms. The van der Waals surface area contributed by atoms with Crippen LogP contribution in [0.2, 0.25) is 0 Å². The molecule has 0 aliphatic rings. The van der Waals surface area contributed by atoms with E-state index in [2.05, 4.69) is 4.98 Å². The first-order valence-corrected chi connectivity index (χ1v) is 5.16. The van der Waals surface area contributed by atoms with Crippen molar-refractivity contribution < 1.29 is 0 Å². The minimum Gasteiger partial charge on any atom is -0.368 e. The highest BCUT2D eigenvalue weighted by molar-refractivity contribution is 7.80. The van der Waals surface area contributed by atoms with E-state index in [9.17, 15) is 0 Å². The molecule has 2 aromatic rings. The molecule has 0 saturated heterocycles. The fraction of sp³-hybridized carbons (Fsp3) is 0.167. The zero-order valence-corrected chi connectivity index (χ0v) is 9.58. The average molecular weight is 216 g/mol. The van der Waals surface area contributed by atoms with Crippen LogP contribution in [-0.4, -0.2) is 29.0 Å². The van der Waals surface area contributed by atoms with Crippen LogP contribution in [0.25, 0.3) is 10.9 Å². The molecule has 0 N–H and O–H groups in total. The molecular formula is C12H12N2S. The smallest absolute Gasteiger partial charge is 0.110 e. The summed E-state index contributed by atoms with van der Waals surface area (Å²) in [7, 11) is 3.90. The van der Waals surface area contributed by atoms with E-state index in [1.54, 1.807) is 6.20 Å². The zero-order valence-electron chi connectivity index (χ0n) is 8.77. The molecule has 1 heterocycles. The van der Waals surface area contributed by atoms with E-state index in [-0.39, 0.29) is 0 Å². The van der Waals surface area contributed by atoms with Crippen LogP contribution in [0.15, 0.2) is 36.5 Å². The molecule has 0 unspecified atom stereocenters. The van der Waals surface area contributed by atoms with Gasteiger partial charge in [0.25, 0.3) is 0 Å². The number of para-hydroxylation sites is 1. The third-order valence-electron chi connectivity index (χ3n) is 2.27. The first-order chi connectivity index (χ1) is 7.20. The number of nitrogens with zero attached hydrogens (tertiary/aromatic N) is 2. The van der Waals surface area contributed by atoms with Crippen LogP contribution in [0.4, 0.5) is 0 Å². The van der Waals surface area contributed by atoms with Crippen molar-refractivity contribution in [3.8, 4) is 0 Å². The Morgan fingerprint density at radius 2 is 1.93 bits per heavy atom. The van der Waals surface area contributed by atoms with Crippen LogP contribution in [0, 0.1) is 0 Å². The molecule has 2 nitrogen and oxygen atoms in total. The van der Waals surface area contributed by atoms with Crippen molar-refractivity contribution in [2.24, 2.45) is 0 Å². The fourth-order valence-corrected chi connectivity index (χ4v) is 1.68. The molecule has 0 saturated carbocycles. The lowest BCUT2D eigenvalue weighted by atomic mass is 10.1. The topological polar surface area (TPSA) is 16.1 Å². The summed E-state index contributed by atoms with van der Waals surface area (Å²) in [6.45, 7) is 0. The van der Waals surface area contributed by atoms with E-state index in [0.29, 0.717) is 0 Å². The number of hydrogen-bond acceptors (Lipinski definition) is 2. The molecule has 76 valence electrons. The summed E-state index contributed by atoms with van der Waals surface area (Å²) >= 11 is 5.36. The summed E-state index contributed by atoms with van der Waals surface area (Å²) in [4.78, 5) is 7.12. The van der Waals surface area contributed by atoms with Crippen LogP contribution >= 0.6 is 12.2 Å². The molecule has 0 atom stereocenters. The highest BCUT2D eigenvalue weighted by Crippen LogP contribution is 2.17. The van der Waals surface area contributed by atoms with Gasteiger partial charge in [-0.3, -0.25) is 4.98 Å². The third kappa shape index (κ3) is 1.83. The van der Waals surface area contributed by atoms with E-state index >= 15 is 0 Å². The van der Waals surface area contributed by atoms with Crippen LogP contribution in [-0.2, 0) is 0 Å². The van der Waals surface area contributed by atoms with Crippen molar-refractivity contribution in [2.45, 2.75) is 0 Å². The minimum atomic E-state index is 0.819. The number of aromatic nitrogens is 1. The lowest BCUT2D eigenvalue weighted by molar-refractivity contribution is 0.637. The monoisotopic (exact) mass is 216 g/mol. The molecular weight excluding hydrogens is 204 g/mol. The maximum absolute atomic E-state index is 5.36. The van der Waals surface area contributed by atoms with Gasteiger partial charge >= 0.3 is 0 Å². The lowest BCUT2D eigenvalue weighted by Crippen LogP contribution is -2.20. The molecule has 0 radical (unpaired) electrons. The number of pyridine rings is 1. The lowest BCUT2D eigenvalue weighted by Gasteiger charge is -2.14. The van der Waals surface area contributed by atoms with Gasteiger partial charge in [-0.2, -0.15) is 0 Å². The highest BCUT2D eigenvalue weighted by atomic mass is 32.1. The number of fused-ring (bicyclic) bond motifs is 1. The maximum atomic E-state index is 5.36. The molecule has 1 aromatic carbocycles. The van der Waals surface area contributed by atoms with Crippen molar-refractivity contribution in [1.82, 2.24) is 9.88 Å². The van der Waals surface area contributed by atoms with Crippen molar-refractivity contribution in [3.63, 3.8) is 0 Å². The van der Waals surface area contributed by atoms with Gasteiger partial charge in [0.05, 0.1) is 5.52 Å². The predicted molar refractivity (Wildman–Crippen MR) is 67.1 cm³/mol. The molecule has 0 spiro atoms. The normalized spacial score (nSPS) is 10.3. The summed E-state index contributed by atoms with van der Waals surface area (Å²) < 4.78 is 0. The highest BCUT2D eigenvalue weighted by Gasteiger charge is 2.07. The Hall–Kier alpha value is -1.48. The van der Waals surface area contributed by atoms with Crippen molar-refractivity contribution in [2.75, 3.05) is 14.1 Å². The molecule has 2 rings (SSSR count). The van der Waals surface area contributed by atoms with Gasteiger partial charge in [0.1, 0.15) is 4.99 Å². The quantitative estimate of drug-likeness (QED) is 0.681. The molecule has 1 aromatic heterocycles. The van der Waals surface area contributed by atoms with Gasteiger partial charge in [-0.05, 0) is 12.1 Å².